The second-order valence-electron chi connectivity index (χ2n) is 4.72. The van der Waals surface area contributed by atoms with Crippen molar-refractivity contribution < 1.29 is 9.53 Å². The molecule has 2 aliphatic rings. The number of hydrogen-bond acceptors (Lipinski definition) is 4. The standard InChI is InChI=1S/C12H23N3O2/c16-12(15-7-9-17-10-8-15)11-13-3-6-14-4-1-2-5-14/h13H,1-11H2. The molecule has 98 valence electrons. The molecule has 0 aromatic carbocycles. The number of rotatable bonds is 5. The maximum Gasteiger partial charge on any atom is 0.236 e. The SMILES string of the molecule is O=C(CNCCN1CCCC1)N1CCOCC1. The van der Waals surface area contributed by atoms with Crippen LogP contribution in [0.2, 0.25) is 0 Å². The first-order valence-corrected chi connectivity index (χ1v) is 6.65. The van der Waals surface area contributed by atoms with Crippen LogP contribution in [0.1, 0.15) is 12.8 Å². The van der Waals surface area contributed by atoms with Crippen LogP contribution in [0.25, 0.3) is 0 Å². The first kappa shape index (κ1) is 12.8. The highest BCUT2D eigenvalue weighted by Gasteiger charge is 2.16. The first-order valence-electron chi connectivity index (χ1n) is 6.65. The molecule has 0 bridgehead atoms. The number of carbonyl (C=O) groups excluding carboxylic acids is 1. The van der Waals surface area contributed by atoms with Gasteiger partial charge in [0.05, 0.1) is 19.8 Å². The smallest absolute Gasteiger partial charge is 0.236 e. The molecule has 0 radical (unpaired) electrons. The molecule has 2 heterocycles. The van der Waals surface area contributed by atoms with Gasteiger partial charge in [-0.2, -0.15) is 0 Å². The summed E-state index contributed by atoms with van der Waals surface area (Å²) >= 11 is 0. The topological polar surface area (TPSA) is 44.8 Å². The quantitative estimate of drug-likeness (QED) is 0.661. The van der Waals surface area contributed by atoms with Crippen molar-refractivity contribution in [2.45, 2.75) is 12.8 Å². The minimum absolute atomic E-state index is 0.203. The average Bonchev–Trinajstić information content (AvgIpc) is 2.88. The molecule has 0 atom stereocenters. The van der Waals surface area contributed by atoms with Crippen LogP contribution in [0.15, 0.2) is 0 Å². The molecule has 2 aliphatic heterocycles. The Balaban J connectivity index is 1.53. The molecule has 0 aliphatic carbocycles. The van der Waals surface area contributed by atoms with Gasteiger partial charge in [-0.15, -0.1) is 0 Å². The van der Waals surface area contributed by atoms with Crippen molar-refractivity contribution in [1.29, 1.82) is 0 Å². The molecular formula is C12H23N3O2. The number of amides is 1. The van der Waals surface area contributed by atoms with Crippen LogP contribution >= 0.6 is 0 Å². The van der Waals surface area contributed by atoms with Gasteiger partial charge in [-0.3, -0.25) is 4.79 Å². The van der Waals surface area contributed by atoms with Crippen LogP contribution in [-0.4, -0.2) is 74.7 Å². The van der Waals surface area contributed by atoms with Crippen LogP contribution in [0.5, 0.6) is 0 Å². The van der Waals surface area contributed by atoms with E-state index in [4.69, 9.17) is 4.74 Å². The van der Waals surface area contributed by atoms with Crippen molar-refractivity contribution in [1.82, 2.24) is 15.1 Å². The summed E-state index contributed by atoms with van der Waals surface area (Å²) in [5, 5.41) is 3.24. The summed E-state index contributed by atoms with van der Waals surface area (Å²) in [5.74, 6) is 0.203. The second kappa shape index (κ2) is 6.93. The Kier molecular flexibility index (Phi) is 5.22. The maximum atomic E-state index is 11.8. The normalized spacial score (nSPS) is 22.0. The predicted octanol–water partition coefficient (Wildman–Crippen LogP) is -0.469. The monoisotopic (exact) mass is 241 g/mol. The lowest BCUT2D eigenvalue weighted by molar-refractivity contribution is -0.134. The van der Waals surface area contributed by atoms with E-state index in [1.54, 1.807) is 0 Å². The second-order valence-corrected chi connectivity index (χ2v) is 4.72. The van der Waals surface area contributed by atoms with E-state index in [9.17, 15) is 4.79 Å². The van der Waals surface area contributed by atoms with Crippen molar-refractivity contribution in [2.24, 2.45) is 0 Å². The molecular weight excluding hydrogens is 218 g/mol. The largest absolute Gasteiger partial charge is 0.378 e. The molecule has 2 fully saturated rings. The van der Waals surface area contributed by atoms with E-state index < -0.39 is 0 Å². The van der Waals surface area contributed by atoms with Crippen molar-refractivity contribution in [3.63, 3.8) is 0 Å². The Morgan fingerprint density at radius 3 is 2.53 bits per heavy atom. The lowest BCUT2D eigenvalue weighted by atomic mass is 10.4. The summed E-state index contributed by atoms with van der Waals surface area (Å²) in [4.78, 5) is 16.1. The van der Waals surface area contributed by atoms with Crippen molar-refractivity contribution in [3.8, 4) is 0 Å². The molecule has 0 unspecified atom stereocenters. The van der Waals surface area contributed by atoms with E-state index in [1.807, 2.05) is 4.90 Å². The van der Waals surface area contributed by atoms with E-state index in [2.05, 4.69) is 10.2 Å². The van der Waals surface area contributed by atoms with Gasteiger partial charge in [0.25, 0.3) is 0 Å². The van der Waals surface area contributed by atoms with Crippen LogP contribution in [0, 0.1) is 0 Å². The van der Waals surface area contributed by atoms with Crippen LogP contribution in [0.3, 0.4) is 0 Å². The zero-order valence-electron chi connectivity index (χ0n) is 10.5. The average molecular weight is 241 g/mol. The number of carbonyl (C=O) groups is 1. The van der Waals surface area contributed by atoms with Gasteiger partial charge in [-0.1, -0.05) is 0 Å². The zero-order chi connectivity index (χ0) is 11.9. The van der Waals surface area contributed by atoms with E-state index in [-0.39, 0.29) is 5.91 Å². The summed E-state index contributed by atoms with van der Waals surface area (Å²) < 4.78 is 5.22. The van der Waals surface area contributed by atoms with Gasteiger partial charge < -0.3 is 19.9 Å². The highest BCUT2D eigenvalue weighted by atomic mass is 16.5. The maximum absolute atomic E-state index is 11.8. The van der Waals surface area contributed by atoms with E-state index >= 15 is 0 Å². The third-order valence-corrected chi connectivity index (χ3v) is 3.44. The van der Waals surface area contributed by atoms with Crippen molar-refractivity contribution in [2.75, 3.05) is 59.0 Å². The lowest BCUT2D eigenvalue weighted by Gasteiger charge is -2.27. The van der Waals surface area contributed by atoms with Crippen LogP contribution in [0.4, 0.5) is 0 Å². The molecule has 1 N–H and O–H groups in total. The first-order chi connectivity index (χ1) is 8.36. The Labute approximate surface area is 103 Å². The Hall–Kier alpha value is -0.650. The van der Waals surface area contributed by atoms with E-state index in [1.165, 1.54) is 25.9 Å². The molecule has 1 amide bonds. The van der Waals surface area contributed by atoms with Gasteiger partial charge in [0.2, 0.25) is 5.91 Å². The number of morpholine rings is 1. The van der Waals surface area contributed by atoms with Crippen molar-refractivity contribution >= 4 is 5.91 Å². The van der Waals surface area contributed by atoms with Crippen LogP contribution < -0.4 is 5.32 Å². The highest BCUT2D eigenvalue weighted by molar-refractivity contribution is 5.78. The van der Waals surface area contributed by atoms with Gasteiger partial charge in [-0.05, 0) is 25.9 Å². The third-order valence-electron chi connectivity index (χ3n) is 3.44. The summed E-state index contributed by atoms with van der Waals surface area (Å²) in [5.41, 5.74) is 0. The van der Waals surface area contributed by atoms with Gasteiger partial charge in [-0.25, -0.2) is 0 Å². The predicted molar refractivity (Wildman–Crippen MR) is 65.9 cm³/mol. The van der Waals surface area contributed by atoms with Gasteiger partial charge in [0.15, 0.2) is 0 Å². The van der Waals surface area contributed by atoms with Crippen molar-refractivity contribution in [3.05, 3.63) is 0 Å². The van der Waals surface area contributed by atoms with Gasteiger partial charge in [0.1, 0.15) is 0 Å². The fraction of sp³-hybridized carbons (Fsp3) is 0.917. The molecule has 0 aromatic heterocycles. The Morgan fingerprint density at radius 1 is 1.12 bits per heavy atom. The highest BCUT2D eigenvalue weighted by Crippen LogP contribution is 2.05. The number of hydrogen-bond donors (Lipinski definition) is 1. The summed E-state index contributed by atoms with van der Waals surface area (Å²) in [6, 6.07) is 0. The molecule has 0 saturated carbocycles. The lowest BCUT2D eigenvalue weighted by Crippen LogP contribution is -2.45. The minimum atomic E-state index is 0.203. The summed E-state index contributed by atoms with van der Waals surface area (Å²) in [7, 11) is 0. The number of nitrogens with zero attached hydrogens (tertiary/aromatic N) is 2. The molecule has 0 aromatic rings. The molecule has 2 rings (SSSR count). The molecule has 2 saturated heterocycles. The van der Waals surface area contributed by atoms with Crippen LogP contribution in [-0.2, 0) is 9.53 Å². The molecule has 17 heavy (non-hydrogen) atoms. The fourth-order valence-electron chi connectivity index (χ4n) is 2.36. The summed E-state index contributed by atoms with van der Waals surface area (Å²) in [6.07, 6.45) is 2.65. The Morgan fingerprint density at radius 2 is 1.82 bits per heavy atom. The zero-order valence-corrected chi connectivity index (χ0v) is 10.5. The number of ether oxygens (including phenoxy) is 1. The summed E-state index contributed by atoms with van der Waals surface area (Å²) in [6.45, 7) is 7.73. The van der Waals surface area contributed by atoms with Gasteiger partial charge in [0, 0.05) is 26.2 Å². The van der Waals surface area contributed by atoms with Gasteiger partial charge >= 0.3 is 0 Å². The van der Waals surface area contributed by atoms with E-state index in [0.29, 0.717) is 19.8 Å². The number of nitrogens with one attached hydrogen (secondary N) is 1. The molecule has 5 heteroatoms. The molecule has 5 nitrogen and oxygen atoms in total. The minimum Gasteiger partial charge on any atom is -0.378 e. The fourth-order valence-corrected chi connectivity index (χ4v) is 2.36. The Bertz CT molecular complexity index is 236. The third kappa shape index (κ3) is 4.26. The number of likely N-dealkylation sites (tertiary alicyclic amines) is 1. The van der Waals surface area contributed by atoms with E-state index in [0.717, 1.165) is 26.2 Å². The molecule has 0 spiro atoms.